The van der Waals surface area contributed by atoms with Gasteiger partial charge in [-0.2, -0.15) is 4.31 Å². The largest absolute Gasteiger partial charge is 0.396 e. The van der Waals surface area contributed by atoms with E-state index in [9.17, 15) is 13.2 Å². The van der Waals surface area contributed by atoms with Gasteiger partial charge in [0.1, 0.15) is 4.90 Å². The van der Waals surface area contributed by atoms with Crippen LogP contribution in [0.1, 0.15) is 6.42 Å². The van der Waals surface area contributed by atoms with E-state index in [0.717, 1.165) is 4.31 Å². The topological polar surface area (TPSA) is 83.7 Å². The maximum atomic E-state index is 12.6. The summed E-state index contributed by atoms with van der Waals surface area (Å²) in [6.07, 6.45) is 0.558. The molecule has 21 heavy (non-hydrogen) atoms. The van der Waals surface area contributed by atoms with Gasteiger partial charge in [0, 0.05) is 20.1 Å². The average molecular weight is 352 g/mol. The lowest BCUT2D eigenvalue weighted by molar-refractivity contribution is -0.129. The third-order valence-electron chi connectivity index (χ3n) is 3.35. The second-order valence-electron chi connectivity index (χ2n) is 4.78. The summed E-state index contributed by atoms with van der Waals surface area (Å²) in [5.74, 6) is -0.255. The van der Waals surface area contributed by atoms with Crippen molar-refractivity contribution in [1.82, 2.24) is 9.21 Å². The third kappa shape index (κ3) is 3.11. The first kappa shape index (κ1) is 16.4. The molecule has 6 nitrogen and oxygen atoms in total. The van der Waals surface area contributed by atoms with E-state index >= 15 is 0 Å². The van der Waals surface area contributed by atoms with Crippen LogP contribution >= 0.6 is 23.2 Å². The molecule has 1 saturated heterocycles. The van der Waals surface area contributed by atoms with Crippen LogP contribution in [0.25, 0.3) is 0 Å². The third-order valence-corrected chi connectivity index (χ3v) is 6.08. The molecular formula is C12H15Cl2N3O3S. The zero-order valence-corrected chi connectivity index (χ0v) is 13.7. The summed E-state index contributed by atoms with van der Waals surface area (Å²) in [7, 11) is -2.25. The molecule has 0 bridgehead atoms. The van der Waals surface area contributed by atoms with E-state index in [1.54, 1.807) is 7.05 Å². The molecule has 1 aromatic rings. The molecular weight excluding hydrogens is 337 g/mol. The molecule has 0 aliphatic carbocycles. The fourth-order valence-electron chi connectivity index (χ4n) is 2.05. The molecule has 0 radical (unpaired) electrons. The summed E-state index contributed by atoms with van der Waals surface area (Å²) in [5.41, 5.74) is 5.68. The highest BCUT2D eigenvalue weighted by atomic mass is 35.5. The van der Waals surface area contributed by atoms with Crippen LogP contribution in [0.15, 0.2) is 17.0 Å². The molecule has 1 aromatic carbocycles. The number of benzene rings is 1. The SMILES string of the molecule is CN1CCCN(S(=O)(=O)c2ccc(Cl)c(N)c2Cl)CC1=O. The summed E-state index contributed by atoms with van der Waals surface area (Å²) >= 11 is 11.8. The molecule has 0 atom stereocenters. The van der Waals surface area contributed by atoms with Gasteiger partial charge in [-0.1, -0.05) is 23.2 Å². The second-order valence-corrected chi connectivity index (χ2v) is 7.47. The first-order valence-electron chi connectivity index (χ1n) is 6.22. The number of nitrogen functional groups attached to an aromatic ring is 1. The summed E-state index contributed by atoms with van der Waals surface area (Å²) in [6.45, 7) is 0.552. The number of hydrogen-bond acceptors (Lipinski definition) is 4. The van der Waals surface area contributed by atoms with Crippen molar-refractivity contribution in [1.29, 1.82) is 0 Å². The number of likely N-dealkylation sites (N-methyl/N-ethyl adjacent to an activating group) is 1. The van der Waals surface area contributed by atoms with Crippen molar-refractivity contribution < 1.29 is 13.2 Å². The molecule has 1 heterocycles. The smallest absolute Gasteiger partial charge is 0.245 e. The number of sulfonamides is 1. The molecule has 1 fully saturated rings. The Hall–Kier alpha value is -1.02. The lowest BCUT2D eigenvalue weighted by Gasteiger charge is -2.20. The lowest BCUT2D eigenvalue weighted by Crippen LogP contribution is -2.38. The van der Waals surface area contributed by atoms with E-state index in [1.165, 1.54) is 17.0 Å². The van der Waals surface area contributed by atoms with E-state index in [-0.39, 0.29) is 39.6 Å². The van der Waals surface area contributed by atoms with Crippen molar-refractivity contribution >= 4 is 44.8 Å². The number of rotatable bonds is 2. The summed E-state index contributed by atoms with van der Waals surface area (Å²) in [4.78, 5) is 13.2. The zero-order chi connectivity index (χ0) is 15.8. The van der Waals surface area contributed by atoms with Crippen molar-refractivity contribution in [3.05, 3.63) is 22.2 Å². The molecule has 1 aliphatic rings. The molecule has 116 valence electrons. The number of halogens is 2. The van der Waals surface area contributed by atoms with Crippen LogP contribution in [0.3, 0.4) is 0 Å². The Bertz CT molecular complexity index is 679. The van der Waals surface area contributed by atoms with Gasteiger partial charge in [0.15, 0.2) is 0 Å². The van der Waals surface area contributed by atoms with E-state index in [2.05, 4.69) is 0 Å². The van der Waals surface area contributed by atoms with Gasteiger partial charge in [-0.05, 0) is 18.6 Å². The Morgan fingerprint density at radius 1 is 1.24 bits per heavy atom. The van der Waals surface area contributed by atoms with E-state index < -0.39 is 10.0 Å². The van der Waals surface area contributed by atoms with E-state index in [0.29, 0.717) is 13.0 Å². The van der Waals surface area contributed by atoms with Crippen LogP contribution in [-0.4, -0.2) is 50.2 Å². The molecule has 0 unspecified atom stereocenters. The number of anilines is 1. The van der Waals surface area contributed by atoms with Crippen molar-refractivity contribution in [2.24, 2.45) is 0 Å². The summed E-state index contributed by atoms with van der Waals surface area (Å²) in [5, 5.41) is 0.0678. The van der Waals surface area contributed by atoms with Crippen LogP contribution in [0.5, 0.6) is 0 Å². The zero-order valence-electron chi connectivity index (χ0n) is 11.3. The summed E-state index contributed by atoms with van der Waals surface area (Å²) < 4.78 is 26.4. The molecule has 0 aromatic heterocycles. The standard InChI is InChI=1S/C12H15Cl2N3O3S/c1-16-5-2-6-17(7-10(16)18)21(19,20)9-4-3-8(13)12(15)11(9)14/h3-4H,2,5-7,15H2,1H3. The van der Waals surface area contributed by atoms with Crippen molar-refractivity contribution in [3.8, 4) is 0 Å². The minimum absolute atomic E-state index is 0.0117. The molecule has 2 rings (SSSR count). The van der Waals surface area contributed by atoms with Crippen LogP contribution < -0.4 is 5.73 Å². The fraction of sp³-hybridized carbons (Fsp3) is 0.417. The van der Waals surface area contributed by atoms with Crippen molar-refractivity contribution in [2.75, 3.05) is 32.4 Å². The number of carbonyl (C=O) groups excluding carboxylic acids is 1. The first-order chi connectivity index (χ1) is 9.75. The van der Waals surface area contributed by atoms with Gasteiger partial charge in [-0.15, -0.1) is 0 Å². The van der Waals surface area contributed by atoms with Crippen LogP contribution in [0, 0.1) is 0 Å². The van der Waals surface area contributed by atoms with Crippen molar-refractivity contribution in [3.63, 3.8) is 0 Å². The van der Waals surface area contributed by atoms with Gasteiger partial charge in [-0.25, -0.2) is 8.42 Å². The molecule has 0 saturated carbocycles. The number of carbonyl (C=O) groups is 1. The predicted octanol–water partition coefficient (Wildman–Crippen LogP) is 1.43. The maximum absolute atomic E-state index is 12.6. The van der Waals surface area contributed by atoms with Crippen LogP contribution in [-0.2, 0) is 14.8 Å². The minimum Gasteiger partial charge on any atom is -0.396 e. The number of nitrogens with zero attached hydrogens (tertiary/aromatic N) is 2. The molecule has 0 spiro atoms. The summed E-state index contributed by atoms with van der Waals surface area (Å²) in [6, 6.07) is 2.68. The van der Waals surface area contributed by atoms with Crippen molar-refractivity contribution in [2.45, 2.75) is 11.3 Å². The predicted molar refractivity (Wildman–Crippen MR) is 81.9 cm³/mol. The average Bonchev–Trinajstić information content (AvgIpc) is 2.59. The maximum Gasteiger partial charge on any atom is 0.245 e. The van der Waals surface area contributed by atoms with E-state index in [1.807, 2.05) is 0 Å². The Morgan fingerprint density at radius 2 is 1.90 bits per heavy atom. The van der Waals surface area contributed by atoms with Gasteiger partial charge < -0.3 is 10.6 Å². The number of nitrogens with two attached hydrogens (primary N) is 1. The molecule has 2 N–H and O–H groups in total. The van der Waals surface area contributed by atoms with Crippen LogP contribution in [0.4, 0.5) is 5.69 Å². The molecule has 9 heteroatoms. The Morgan fingerprint density at radius 3 is 2.57 bits per heavy atom. The normalized spacial score (nSPS) is 17.9. The lowest BCUT2D eigenvalue weighted by atomic mass is 10.3. The Kier molecular flexibility index (Phi) is 4.67. The molecule has 1 aliphatic heterocycles. The van der Waals surface area contributed by atoms with Gasteiger partial charge >= 0.3 is 0 Å². The van der Waals surface area contributed by atoms with Gasteiger partial charge in [0.2, 0.25) is 15.9 Å². The van der Waals surface area contributed by atoms with Crippen LogP contribution in [0.2, 0.25) is 10.0 Å². The first-order valence-corrected chi connectivity index (χ1v) is 8.42. The van der Waals surface area contributed by atoms with Gasteiger partial charge in [0.05, 0.1) is 22.3 Å². The Balaban J connectivity index is 2.43. The number of amides is 1. The van der Waals surface area contributed by atoms with Gasteiger partial charge in [-0.3, -0.25) is 4.79 Å². The van der Waals surface area contributed by atoms with Gasteiger partial charge in [0.25, 0.3) is 0 Å². The highest BCUT2D eigenvalue weighted by Crippen LogP contribution is 2.34. The highest BCUT2D eigenvalue weighted by molar-refractivity contribution is 7.89. The Labute approximate surface area is 133 Å². The van der Waals surface area contributed by atoms with E-state index in [4.69, 9.17) is 28.9 Å². The minimum atomic E-state index is -3.90. The fourth-order valence-corrected chi connectivity index (χ4v) is 4.22. The number of hydrogen-bond donors (Lipinski definition) is 1. The highest BCUT2D eigenvalue weighted by Gasteiger charge is 2.32. The quantitative estimate of drug-likeness (QED) is 0.816. The molecule has 1 amide bonds. The second kappa shape index (κ2) is 6.00. The monoisotopic (exact) mass is 351 g/mol.